The van der Waals surface area contributed by atoms with Crippen molar-refractivity contribution < 1.29 is 9.53 Å². The maximum Gasteiger partial charge on any atom is 0.410 e. The Morgan fingerprint density at radius 2 is 2.09 bits per heavy atom. The fourth-order valence-corrected chi connectivity index (χ4v) is 3.01. The number of hydrogen-bond donors (Lipinski definition) is 1. The molecule has 122 valence electrons. The molecule has 1 aromatic carbocycles. The van der Waals surface area contributed by atoms with Crippen LogP contribution in [-0.4, -0.2) is 29.2 Å². The number of fused-ring (bicyclic) bond motifs is 1. The van der Waals surface area contributed by atoms with Gasteiger partial charge in [-0.25, -0.2) is 4.79 Å². The summed E-state index contributed by atoms with van der Waals surface area (Å²) >= 11 is 0. The minimum Gasteiger partial charge on any atom is -0.444 e. The molecule has 1 aliphatic rings. The Morgan fingerprint density at radius 3 is 2.73 bits per heavy atom. The molecule has 1 unspecified atom stereocenters. The van der Waals surface area contributed by atoms with E-state index in [1.54, 1.807) is 0 Å². The average Bonchev–Trinajstić information content (AvgIpc) is 2.42. The number of nitrogens with zero attached hydrogens (tertiary/aromatic N) is 1. The fourth-order valence-electron chi connectivity index (χ4n) is 3.01. The topological polar surface area (TPSA) is 55.6 Å². The average molecular weight is 304 g/mol. The first-order chi connectivity index (χ1) is 10.3. The van der Waals surface area contributed by atoms with Crippen molar-refractivity contribution in [3.63, 3.8) is 0 Å². The second-order valence-corrected chi connectivity index (χ2v) is 7.10. The maximum absolute atomic E-state index is 12.5. The molecule has 0 saturated carbocycles. The normalized spacial score (nSPS) is 17.7. The fraction of sp³-hybridized carbons (Fsp3) is 0.611. The molecule has 0 saturated heterocycles. The Bertz CT molecular complexity index is 534. The molecule has 1 amide bonds. The van der Waals surface area contributed by atoms with Crippen molar-refractivity contribution in [1.82, 2.24) is 4.90 Å². The molecule has 1 atom stereocenters. The molecule has 0 radical (unpaired) electrons. The molecule has 22 heavy (non-hydrogen) atoms. The molecule has 0 bridgehead atoms. The number of hydrogen-bond acceptors (Lipinski definition) is 3. The third kappa shape index (κ3) is 4.15. The lowest BCUT2D eigenvalue weighted by atomic mass is 9.87. The van der Waals surface area contributed by atoms with Crippen LogP contribution in [0.25, 0.3) is 0 Å². The van der Waals surface area contributed by atoms with Gasteiger partial charge in [0.15, 0.2) is 0 Å². The van der Waals surface area contributed by atoms with E-state index in [0.29, 0.717) is 0 Å². The molecule has 0 heterocycles. The van der Waals surface area contributed by atoms with Crippen molar-refractivity contribution in [2.45, 2.75) is 65.0 Å². The monoisotopic (exact) mass is 304 g/mol. The van der Waals surface area contributed by atoms with Gasteiger partial charge >= 0.3 is 6.09 Å². The van der Waals surface area contributed by atoms with Crippen LogP contribution in [0.4, 0.5) is 10.5 Å². The zero-order valence-electron chi connectivity index (χ0n) is 14.2. The summed E-state index contributed by atoms with van der Waals surface area (Å²) in [5.74, 6) is 0. The molecule has 4 nitrogen and oxygen atoms in total. The van der Waals surface area contributed by atoms with Gasteiger partial charge in [-0.15, -0.1) is 0 Å². The minimum absolute atomic E-state index is 0.196. The quantitative estimate of drug-likeness (QED) is 0.865. The van der Waals surface area contributed by atoms with Gasteiger partial charge in [-0.2, -0.15) is 0 Å². The van der Waals surface area contributed by atoms with E-state index in [2.05, 4.69) is 19.1 Å². The lowest BCUT2D eigenvalue weighted by Gasteiger charge is -2.36. The van der Waals surface area contributed by atoms with E-state index in [4.69, 9.17) is 10.5 Å². The molecule has 2 rings (SSSR count). The van der Waals surface area contributed by atoms with E-state index in [1.165, 1.54) is 11.1 Å². The molecular formula is C18H28N2O2. The van der Waals surface area contributed by atoms with Crippen LogP contribution in [0.1, 0.15) is 51.7 Å². The number of nitrogen functional groups attached to an aromatic ring is 1. The number of anilines is 1. The maximum atomic E-state index is 12.5. The lowest BCUT2D eigenvalue weighted by Crippen LogP contribution is -2.46. The van der Waals surface area contributed by atoms with Crippen molar-refractivity contribution in [3.05, 3.63) is 29.3 Å². The SMILES string of the molecule is CCCN(C(=O)OC(C)(C)C)C1CCc2cc(N)ccc2C1. The number of amides is 1. The third-order valence-electron chi connectivity index (χ3n) is 3.97. The van der Waals surface area contributed by atoms with Crippen LogP contribution >= 0.6 is 0 Å². The van der Waals surface area contributed by atoms with Crippen LogP contribution in [0.15, 0.2) is 18.2 Å². The zero-order valence-corrected chi connectivity index (χ0v) is 14.2. The summed E-state index contributed by atoms with van der Waals surface area (Å²) in [5.41, 5.74) is 8.84. The Balaban J connectivity index is 2.13. The standard InChI is InChI=1S/C18H28N2O2/c1-5-10-20(17(21)22-18(2,3)4)16-9-7-13-11-15(19)8-6-14(13)12-16/h6,8,11,16H,5,7,9-10,12,19H2,1-4H3. The van der Waals surface area contributed by atoms with Crippen LogP contribution in [0, 0.1) is 0 Å². The van der Waals surface area contributed by atoms with Crippen molar-refractivity contribution in [2.75, 3.05) is 12.3 Å². The highest BCUT2D eigenvalue weighted by molar-refractivity contribution is 5.68. The van der Waals surface area contributed by atoms with Gasteiger partial charge in [0.25, 0.3) is 0 Å². The van der Waals surface area contributed by atoms with E-state index in [-0.39, 0.29) is 12.1 Å². The minimum atomic E-state index is -0.454. The summed E-state index contributed by atoms with van der Waals surface area (Å²) in [6.07, 6.45) is 3.56. The van der Waals surface area contributed by atoms with Crippen molar-refractivity contribution in [3.8, 4) is 0 Å². The Labute approximate surface area is 133 Å². The molecule has 0 aromatic heterocycles. The van der Waals surface area contributed by atoms with Gasteiger partial charge in [0.1, 0.15) is 5.60 Å². The molecule has 0 fully saturated rings. The van der Waals surface area contributed by atoms with Crippen molar-refractivity contribution in [1.29, 1.82) is 0 Å². The number of aryl methyl sites for hydroxylation is 1. The molecule has 2 N–H and O–H groups in total. The van der Waals surface area contributed by atoms with Gasteiger partial charge in [-0.3, -0.25) is 0 Å². The van der Waals surface area contributed by atoms with E-state index in [9.17, 15) is 4.79 Å². The largest absolute Gasteiger partial charge is 0.444 e. The summed E-state index contributed by atoms with van der Waals surface area (Å²) in [4.78, 5) is 14.4. The van der Waals surface area contributed by atoms with Crippen LogP contribution in [0.2, 0.25) is 0 Å². The second kappa shape index (κ2) is 6.59. The number of benzene rings is 1. The van der Waals surface area contributed by atoms with Gasteiger partial charge < -0.3 is 15.4 Å². The van der Waals surface area contributed by atoms with Gasteiger partial charge in [0.2, 0.25) is 0 Å². The molecule has 1 aromatic rings. The smallest absolute Gasteiger partial charge is 0.410 e. The van der Waals surface area contributed by atoms with E-state index in [0.717, 1.165) is 37.9 Å². The molecule has 1 aliphatic carbocycles. The number of nitrogens with two attached hydrogens (primary N) is 1. The van der Waals surface area contributed by atoms with Crippen LogP contribution in [0.3, 0.4) is 0 Å². The van der Waals surface area contributed by atoms with Gasteiger partial charge in [-0.05, 0) is 69.7 Å². The summed E-state index contributed by atoms with van der Waals surface area (Å²) in [6.45, 7) is 8.56. The van der Waals surface area contributed by atoms with Gasteiger partial charge in [-0.1, -0.05) is 13.0 Å². The van der Waals surface area contributed by atoms with E-state index >= 15 is 0 Å². The molecule has 0 aliphatic heterocycles. The second-order valence-electron chi connectivity index (χ2n) is 7.10. The summed E-state index contributed by atoms with van der Waals surface area (Å²) < 4.78 is 5.58. The third-order valence-corrected chi connectivity index (χ3v) is 3.97. The van der Waals surface area contributed by atoms with Crippen LogP contribution in [0.5, 0.6) is 0 Å². The predicted octanol–water partition coefficient (Wildman–Crippen LogP) is 3.77. The van der Waals surface area contributed by atoms with Crippen molar-refractivity contribution in [2.24, 2.45) is 0 Å². The predicted molar refractivity (Wildman–Crippen MR) is 89.9 cm³/mol. The van der Waals surface area contributed by atoms with E-state index in [1.807, 2.05) is 31.7 Å². The molecule has 0 spiro atoms. The van der Waals surface area contributed by atoms with Crippen LogP contribution in [-0.2, 0) is 17.6 Å². The van der Waals surface area contributed by atoms with Gasteiger partial charge in [0.05, 0.1) is 0 Å². The Kier molecular flexibility index (Phi) is 4.99. The highest BCUT2D eigenvalue weighted by atomic mass is 16.6. The van der Waals surface area contributed by atoms with Crippen LogP contribution < -0.4 is 5.73 Å². The van der Waals surface area contributed by atoms with Crippen molar-refractivity contribution >= 4 is 11.8 Å². The summed E-state index contributed by atoms with van der Waals surface area (Å²) in [6, 6.07) is 6.31. The highest BCUT2D eigenvalue weighted by Gasteiger charge is 2.30. The first-order valence-electron chi connectivity index (χ1n) is 8.17. The molecule has 4 heteroatoms. The summed E-state index contributed by atoms with van der Waals surface area (Å²) in [5, 5.41) is 0. The first kappa shape index (κ1) is 16.7. The Morgan fingerprint density at radius 1 is 1.36 bits per heavy atom. The first-order valence-corrected chi connectivity index (χ1v) is 8.17. The highest BCUT2D eigenvalue weighted by Crippen LogP contribution is 2.27. The number of carbonyl (C=O) groups excluding carboxylic acids is 1. The Hall–Kier alpha value is -1.71. The van der Waals surface area contributed by atoms with E-state index < -0.39 is 5.60 Å². The summed E-state index contributed by atoms with van der Waals surface area (Å²) in [7, 11) is 0. The lowest BCUT2D eigenvalue weighted by molar-refractivity contribution is 0.0146. The number of carbonyl (C=O) groups is 1. The molecular weight excluding hydrogens is 276 g/mol. The number of ether oxygens (including phenoxy) is 1. The zero-order chi connectivity index (χ0) is 16.3. The number of rotatable bonds is 3. The van der Waals surface area contributed by atoms with Gasteiger partial charge in [0, 0.05) is 18.3 Å².